The number of aliphatic imine (C=N–C) groups is 1. The second-order valence-electron chi connectivity index (χ2n) is 4.98. The lowest BCUT2D eigenvalue weighted by Gasteiger charge is -2.05. The van der Waals surface area contributed by atoms with Crippen molar-refractivity contribution in [1.82, 2.24) is 5.32 Å². The Balaban J connectivity index is 1.72. The van der Waals surface area contributed by atoms with Gasteiger partial charge in [-0.3, -0.25) is 14.9 Å². The fourth-order valence-corrected chi connectivity index (χ4v) is 3.25. The van der Waals surface area contributed by atoms with Crippen LogP contribution >= 0.6 is 11.8 Å². The Morgan fingerprint density at radius 2 is 1.96 bits per heavy atom. The van der Waals surface area contributed by atoms with Gasteiger partial charge in [-0.1, -0.05) is 42.1 Å². The summed E-state index contributed by atoms with van der Waals surface area (Å²) in [5, 5.41) is 13.8. The van der Waals surface area contributed by atoms with E-state index >= 15 is 0 Å². The minimum absolute atomic E-state index is 0.0316. The van der Waals surface area contributed by atoms with Gasteiger partial charge >= 0.3 is 0 Å². The summed E-state index contributed by atoms with van der Waals surface area (Å²) in [6.07, 6.45) is 0.423. The number of rotatable bonds is 4. The molecular formula is C16H13N3O3S. The molecule has 3 rings (SSSR count). The van der Waals surface area contributed by atoms with E-state index in [4.69, 9.17) is 0 Å². The molecule has 7 heteroatoms. The Morgan fingerprint density at radius 3 is 2.70 bits per heavy atom. The third-order valence-corrected chi connectivity index (χ3v) is 4.39. The minimum Gasteiger partial charge on any atom is -0.304 e. The zero-order chi connectivity index (χ0) is 16.2. The van der Waals surface area contributed by atoms with Gasteiger partial charge in [0, 0.05) is 12.1 Å². The Hall–Kier alpha value is -2.67. The SMILES string of the molecule is O=C1NC(=Nc2ccccc2)S[C@H]1Cc1cccc([N+](=O)[O-])c1. The maximum absolute atomic E-state index is 12.1. The molecular weight excluding hydrogens is 314 g/mol. The molecule has 1 heterocycles. The summed E-state index contributed by atoms with van der Waals surface area (Å²) in [6, 6.07) is 15.7. The van der Waals surface area contributed by atoms with Crippen LogP contribution in [0.15, 0.2) is 59.6 Å². The normalized spacial score (nSPS) is 18.9. The lowest BCUT2D eigenvalue weighted by molar-refractivity contribution is -0.384. The van der Waals surface area contributed by atoms with E-state index in [1.165, 1.54) is 23.9 Å². The molecule has 6 nitrogen and oxygen atoms in total. The molecule has 2 aromatic rings. The van der Waals surface area contributed by atoms with Crippen LogP contribution < -0.4 is 5.32 Å². The van der Waals surface area contributed by atoms with Gasteiger partial charge in [0.2, 0.25) is 5.91 Å². The van der Waals surface area contributed by atoms with E-state index in [-0.39, 0.29) is 16.8 Å². The first-order chi connectivity index (χ1) is 11.1. The highest BCUT2D eigenvalue weighted by molar-refractivity contribution is 8.15. The second-order valence-corrected chi connectivity index (χ2v) is 6.17. The summed E-state index contributed by atoms with van der Waals surface area (Å²) in [7, 11) is 0. The highest BCUT2D eigenvalue weighted by atomic mass is 32.2. The van der Waals surface area contributed by atoms with Crippen LogP contribution in [0.3, 0.4) is 0 Å². The molecule has 1 aliphatic heterocycles. The number of carbonyl (C=O) groups excluding carboxylic acids is 1. The van der Waals surface area contributed by atoms with Crippen LogP contribution in [0.2, 0.25) is 0 Å². The summed E-state index contributed by atoms with van der Waals surface area (Å²) in [4.78, 5) is 26.8. The average Bonchev–Trinajstić information content (AvgIpc) is 2.88. The highest BCUT2D eigenvalue weighted by Crippen LogP contribution is 2.26. The molecule has 1 fully saturated rings. The van der Waals surface area contributed by atoms with Crippen molar-refractivity contribution in [3.05, 3.63) is 70.3 Å². The van der Waals surface area contributed by atoms with E-state index in [1.807, 2.05) is 30.3 Å². The van der Waals surface area contributed by atoms with Crippen molar-refractivity contribution in [2.45, 2.75) is 11.7 Å². The van der Waals surface area contributed by atoms with Gasteiger partial charge < -0.3 is 5.32 Å². The Bertz CT molecular complexity index is 777. The van der Waals surface area contributed by atoms with Crippen molar-refractivity contribution in [2.75, 3.05) is 0 Å². The predicted molar refractivity (Wildman–Crippen MR) is 89.9 cm³/mol. The van der Waals surface area contributed by atoms with Crippen molar-refractivity contribution >= 4 is 34.2 Å². The van der Waals surface area contributed by atoms with E-state index in [0.717, 1.165) is 11.3 Å². The lowest BCUT2D eigenvalue weighted by atomic mass is 10.1. The summed E-state index contributed by atoms with van der Waals surface area (Å²) in [5.74, 6) is -0.129. The van der Waals surface area contributed by atoms with Crippen LogP contribution in [-0.4, -0.2) is 21.2 Å². The molecule has 0 saturated carbocycles. The fourth-order valence-electron chi connectivity index (χ4n) is 2.22. The van der Waals surface area contributed by atoms with Gasteiger partial charge in [0.25, 0.3) is 5.69 Å². The van der Waals surface area contributed by atoms with Crippen LogP contribution in [0.1, 0.15) is 5.56 Å². The molecule has 23 heavy (non-hydrogen) atoms. The zero-order valence-corrected chi connectivity index (χ0v) is 12.8. The van der Waals surface area contributed by atoms with Crippen LogP contribution in [0.5, 0.6) is 0 Å². The number of para-hydroxylation sites is 1. The number of benzene rings is 2. The van der Waals surface area contributed by atoms with Gasteiger partial charge in [0.05, 0.1) is 15.9 Å². The summed E-state index contributed by atoms with van der Waals surface area (Å²) >= 11 is 1.34. The molecule has 0 bridgehead atoms. The Labute approximate surface area is 136 Å². The van der Waals surface area contributed by atoms with Crippen LogP contribution in [0.25, 0.3) is 0 Å². The maximum atomic E-state index is 12.1. The van der Waals surface area contributed by atoms with Crippen molar-refractivity contribution in [1.29, 1.82) is 0 Å². The summed E-state index contributed by atoms with van der Waals surface area (Å²) in [5.41, 5.74) is 1.56. The van der Waals surface area contributed by atoms with E-state index in [9.17, 15) is 14.9 Å². The molecule has 1 saturated heterocycles. The minimum atomic E-state index is -0.437. The molecule has 0 radical (unpaired) electrons. The molecule has 0 spiro atoms. The van der Waals surface area contributed by atoms with Gasteiger partial charge in [0.15, 0.2) is 5.17 Å². The van der Waals surface area contributed by atoms with Gasteiger partial charge in [-0.05, 0) is 24.1 Å². The number of amides is 1. The van der Waals surface area contributed by atoms with Crippen molar-refractivity contribution in [3.63, 3.8) is 0 Å². The first kappa shape index (κ1) is 15.2. The third-order valence-electron chi connectivity index (χ3n) is 3.31. The number of hydrogen-bond donors (Lipinski definition) is 1. The maximum Gasteiger partial charge on any atom is 0.269 e. The predicted octanol–water partition coefficient (Wildman–Crippen LogP) is 3.06. The highest BCUT2D eigenvalue weighted by Gasteiger charge is 2.30. The van der Waals surface area contributed by atoms with Crippen molar-refractivity contribution < 1.29 is 9.72 Å². The van der Waals surface area contributed by atoms with Gasteiger partial charge in [-0.25, -0.2) is 4.99 Å². The van der Waals surface area contributed by atoms with Crippen LogP contribution in [0, 0.1) is 10.1 Å². The average molecular weight is 327 g/mol. The number of non-ortho nitro benzene ring substituents is 1. The van der Waals surface area contributed by atoms with Crippen molar-refractivity contribution in [3.8, 4) is 0 Å². The van der Waals surface area contributed by atoms with Crippen LogP contribution in [-0.2, 0) is 11.2 Å². The molecule has 1 amide bonds. The smallest absolute Gasteiger partial charge is 0.269 e. The standard InChI is InChI=1S/C16H13N3O3S/c20-15-14(10-11-5-4-8-13(9-11)19(21)22)23-16(18-15)17-12-6-2-1-3-7-12/h1-9,14H,10H2,(H,17,18,20)/t14-/m0/s1. The Morgan fingerprint density at radius 1 is 1.17 bits per heavy atom. The number of carbonyl (C=O) groups is 1. The molecule has 1 atom stereocenters. The molecule has 1 N–H and O–H groups in total. The first-order valence-electron chi connectivity index (χ1n) is 6.96. The largest absolute Gasteiger partial charge is 0.304 e. The Kier molecular flexibility index (Phi) is 4.38. The number of nitro groups is 1. The zero-order valence-electron chi connectivity index (χ0n) is 12.0. The number of nitrogens with one attached hydrogen (secondary N) is 1. The van der Waals surface area contributed by atoms with Gasteiger partial charge in [-0.2, -0.15) is 0 Å². The third kappa shape index (κ3) is 3.75. The molecule has 2 aromatic carbocycles. The van der Waals surface area contributed by atoms with Gasteiger partial charge in [0.1, 0.15) is 0 Å². The second kappa shape index (κ2) is 6.62. The molecule has 0 aromatic heterocycles. The summed E-state index contributed by atoms with van der Waals surface area (Å²) in [6.45, 7) is 0. The van der Waals surface area contributed by atoms with E-state index in [1.54, 1.807) is 12.1 Å². The van der Waals surface area contributed by atoms with Gasteiger partial charge in [-0.15, -0.1) is 0 Å². The van der Waals surface area contributed by atoms with Crippen LogP contribution in [0.4, 0.5) is 11.4 Å². The molecule has 1 aliphatic rings. The molecule has 116 valence electrons. The van der Waals surface area contributed by atoms with Crippen molar-refractivity contribution in [2.24, 2.45) is 4.99 Å². The fraction of sp³-hybridized carbons (Fsp3) is 0.125. The molecule has 0 unspecified atom stereocenters. The number of amidine groups is 1. The van der Waals surface area contributed by atoms with E-state index < -0.39 is 4.92 Å². The lowest BCUT2D eigenvalue weighted by Crippen LogP contribution is -2.25. The van der Waals surface area contributed by atoms with E-state index in [2.05, 4.69) is 10.3 Å². The number of nitro benzene ring substituents is 1. The molecule has 0 aliphatic carbocycles. The number of thioether (sulfide) groups is 1. The number of hydrogen-bond acceptors (Lipinski definition) is 5. The number of nitrogens with zero attached hydrogens (tertiary/aromatic N) is 2. The summed E-state index contributed by atoms with van der Waals surface area (Å²) < 4.78 is 0. The quantitative estimate of drug-likeness (QED) is 0.691. The monoisotopic (exact) mass is 327 g/mol. The first-order valence-corrected chi connectivity index (χ1v) is 7.84. The van der Waals surface area contributed by atoms with E-state index in [0.29, 0.717) is 11.6 Å². The topological polar surface area (TPSA) is 84.6 Å².